The molecule has 0 aliphatic rings. The molecule has 0 fully saturated rings. The van der Waals surface area contributed by atoms with Gasteiger partial charge in [0.2, 0.25) is 0 Å². The SMILES string of the molecule is COCC(CCO)NC(=O)c1cc(Cl)ccc1Br. The Kier molecular flexibility index (Phi) is 6.63. The second kappa shape index (κ2) is 7.74. The molecule has 0 heterocycles. The lowest BCUT2D eigenvalue weighted by molar-refractivity contribution is 0.0878. The monoisotopic (exact) mass is 335 g/mol. The minimum Gasteiger partial charge on any atom is -0.396 e. The fraction of sp³-hybridized carbons (Fsp3) is 0.417. The predicted molar refractivity (Wildman–Crippen MR) is 74.0 cm³/mol. The Morgan fingerprint density at radius 1 is 1.61 bits per heavy atom. The van der Waals surface area contributed by atoms with Crippen LogP contribution >= 0.6 is 27.5 Å². The van der Waals surface area contributed by atoms with Crippen LogP contribution in [0.15, 0.2) is 22.7 Å². The first-order valence-corrected chi connectivity index (χ1v) is 6.61. The number of carbonyl (C=O) groups is 1. The first-order chi connectivity index (χ1) is 8.58. The molecule has 2 N–H and O–H groups in total. The van der Waals surface area contributed by atoms with Gasteiger partial charge in [0.05, 0.1) is 18.2 Å². The summed E-state index contributed by atoms with van der Waals surface area (Å²) < 4.78 is 5.65. The van der Waals surface area contributed by atoms with Gasteiger partial charge in [-0.2, -0.15) is 0 Å². The normalized spacial score (nSPS) is 12.2. The van der Waals surface area contributed by atoms with Crippen LogP contribution in [0.3, 0.4) is 0 Å². The summed E-state index contributed by atoms with van der Waals surface area (Å²) in [6.07, 6.45) is 0.442. The molecule has 6 heteroatoms. The van der Waals surface area contributed by atoms with E-state index in [0.717, 1.165) is 0 Å². The van der Waals surface area contributed by atoms with Gasteiger partial charge in [-0.3, -0.25) is 4.79 Å². The Hall–Kier alpha value is -0.620. The van der Waals surface area contributed by atoms with Crippen LogP contribution in [-0.4, -0.2) is 37.4 Å². The van der Waals surface area contributed by atoms with Crippen molar-refractivity contribution in [3.63, 3.8) is 0 Å². The molecule has 1 amide bonds. The number of hydrogen-bond acceptors (Lipinski definition) is 3. The standard InChI is InChI=1S/C12H15BrClNO3/c1-18-7-9(4-5-16)15-12(17)10-6-8(14)2-3-11(10)13/h2-3,6,9,16H,4-5,7H2,1H3,(H,15,17). The number of amides is 1. The van der Waals surface area contributed by atoms with E-state index in [9.17, 15) is 4.79 Å². The topological polar surface area (TPSA) is 58.6 Å². The van der Waals surface area contributed by atoms with Gasteiger partial charge in [0.1, 0.15) is 0 Å². The molecule has 4 nitrogen and oxygen atoms in total. The van der Waals surface area contributed by atoms with Crippen LogP contribution < -0.4 is 5.32 Å². The van der Waals surface area contributed by atoms with Crippen molar-refractivity contribution in [1.82, 2.24) is 5.32 Å². The van der Waals surface area contributed by atoms with Crippen LogP contribution in [0.2, 0.25) is 5.02 Å². The van der Waals surface area contributed by atoms with Gasteiger partial charge in [-0.05, 0) is 40.5 Å². The number of rotatable bonds is 6. The van der Waals surface area contributed by atoms with E-state index in [1.807, 2.05) is 0 Å². The number of aliphatic hydroxyl groups excluding tert-OH is 1. The molecular weight excluding hydrogens is 321 g/mol. The first kappa shape index (κ1) is 15.4. The maximum atomic E-state index is 12.0. The van der Waals surface area contributed by atoms with Crippen molar-refractivity contribution in [1.29, 1.82) is 0 Å². The Labute approximate surface area is 119 Å². The molecule has 0 aromatic heterocycles. The summed E-state index contributed by atoms with van der Waals surface area (Å²) in [5.74, 6) is -0.250. The summed E-state index contributed by atoms with van der Waals surface area (Å²) >= 11 is 9.15. The highest BCUT2D eigenvalue weighted by atomic mass is 79.9. The number of ether oxygens (including phenoxy) is 1. The lowest BCUT2D eigenvalue weighted by atomic mass is 10.1. The quantitative estimate of drug-likeness (QED) is 0.837. The Balaban J connectivity index is 2.76. The van der Waals surface area contributed by atoms with E-state index in [1.54, 1.807) is 25.3 Å². The number of hydrogen-bond donors (Lipinski definition) is 2. The zero-order valence-corrected chi connectivity index (χ0v) is 12.3. The number of aliphatic hydroxyl groups is 1. The van der Waals surface area contributed by atoms with Gasteiger partial charge in [-0.1, -0.05) is 11.6 Å². The van der Waals surface area contributed by atoms with E-state index >= 15 is 0 Å². The molecule has 0 aliphatic carbocycles. The molecular formula is C12H15BrClNO3. The second-order valence-electron chi connectivity index (χ2n) is 3.76. The van der Waals surface area contributed by atoms with E-state index in [-0.39, 0.29) is 18.6 Å². The number of methoxy groups -OCH3 is 1. The molecule has 1 atom stereocenters. The molecule has 0 spiro atoms. The smallest absolute Gasteiger partial charge is 0.252 e. The first-order valence-electron chi connectivity index (χ1n) is 5.44. The van der Waals surface area contributed by atoms with E-state index in [2.05, 4.69) is 21.2 Å². The molecule has 1 rings (SSSR count). The van der Waals surface area contributed by atoms with Crippen molar-refractivity contribution in [3.05, 3.63) is 33.3 Å². The molecule has 1 aromatic carbocycles. The largest absolute Gasteiger partial charge is 0.396 e. The highest BCUT2D eigenvalue weighted by Gasteiger charge is 2.15. The third kappa shape index (κ3) is 4.57. The van der Waals surface area contributed by atoms with Crippen LogP contribution in [0.1, 0.15) is 16.8 Å². The molecule has 0 bridgehead atoms. The van der Waals surface area contributed by atoms with Crippen molar-refractivity contribution in [2.45, 2.75) is 12.5 Å². The highest BCUT2D eigenvalue weighted by Crippen LogP contribution is 2.21. The van der Waals surface area contributed by atoms with E-state index in [1.165, 1.54) is 0 Å². The maximum Gasteiger partial charge on any atom is 0.252 e. The maximum absolute atomic E-state index is 12.0. The number of carbonyl (C=O) groups excluding carboxylic acids is 1. The van der Waals surface area contributed by atoms with Gasteiger partial charge in [0.15, 0.2) is 0 Å². The minimum atomic E-state index is -0.250. The van der Waals surface area contributed by atoms with E-state index in [0.29, 0.717) is 28.1 Å². The Bertz CT molecular complexity index is 408. The van der Waals surface area contributed by atoms with Crippen LogP contribution in [0.5, 0.6) is 0 Å². The molecule has 1 aromatic rings. The lowest BCUT2D eigenvalue weighted by Gasteiger charge is -2.17. The van der Waals surface area contributed by atoms with Crippen LogP contribution in [-0.2, 0) is 4.74 Å². The molecule has 0 radical (unpaired) electrons. The summed E-state index contributed by atoms with van der Waals surface area (Å²) in [7, 11) is 1.55. The molecule has 1 unspecified atom stereocenters. The van der Waals surface area contributed by atoms with Crippen molar-refractivity contribution < 1.29 is 14.6 Å². The fourth-order valence-electron chi connectivity index (χ4n) is 1.49. The average Bonchev–Trinajstić information content (AvgIpc) is 2.33. The number of benzene rings is 1. The minimum absolute atomic E-state index is 0.00891. The van der Waals surface area contributed by atoms with E-state index in [4.69, 9.17) is 21.4 Å². The Morgan fingerprint density at radius 2 is 2.33 bits per heavy atom. The van der Waals surface area contributed by atoms with Gasteiger partial charge in [-0.25, -0.2) is 0 Å². The van der Waals surface area contributed by atoms with Crippen molar-refractivity contribution in [2.75, 3.05) is 20.3 Å². The lowest BCUT2D eigenvalue weighted by Crippen LogP contribution is -2.38. The van der Waals surface area contributed by atoms with Gasteiger partial charge >= 0.3 is 0 Å². The zero-order chi connectivity index (χ0) is 13.5. The van der Waals surface area contributed by atoms with Crippen molar-refractivity contribution >= 4 is 33.4 Å². The molecule has 0 saturated carbocycles. The molecule has 0 aliphatic heterocycles. The average molecular weight is 337 g/mol. The fourth-order valence-corrected chi connectivity index (χ4v) is 2.09. The Morgan fingerprint density at radius 3 is 2.94 bits per heavy atom. The zero-order valence-electron chi connectivity index (χ0n) is 9.95. The summed E-state index contributed by atoms with van der Waals surface area (Å²) in [5.41, 5.74) is 0.460. The number of halogens is 2. The van der Waals surface area contributed by atoms with E-state index < -0.39 is 0 Å². The third-order valence-corrected chi connectivity index (χ3v) is 3.28. The van der Waals surface area contributed by atoms with Gasteiger partial charge < -0.3 is 15.2 Å². The van der Waals surface area contributed by atoms with Gasteiger partial charge in [0.25, 0.3) is 5.91 Å². The summed E-state index contributed by atoms with van der Waals surface area (Å²) in [5, 5.41) is 12.2. The van der Waals surface area contributed by atoms with Crippen molar-refractivity contribution in [2.24, 2.45) is 0 Å². The predicted octanol–water partition coefficient (Wildman–Crippen LogP) is 2.23. The summed E-state index contributed by atoms with van der Waals surface area (Å²) in [4.78, 5) is 12.0. The van der Waals surface area contributed by atoms with Crippen LogP contribution in [0.4, 0.5) is 0 Å². The summed E-state index contributed by atoms with van der Waals surface area (Å²) in [6, 6.07) is 4.78. The van der Waals surface area contributed by atoms with Crippen LogP contribution in [0, 0.1) is 0 Å². The van der Waals surface area contributed by atoms with Crippen molar-refractivity contribution in [3.8, 4) is 0 Å². The number of nitrogens with one attached hydrogen (secondary N) is 1. The van der Waals surface area contributed by atoms with Gasteiger partial charge in [-0.15, -0.1) is 0 Å². The van der Waals surface area contributed by atoms with Gasteiger partial charge in [0, 0.05) is 23.2 Å². The van der Waals surface area contributed by atoms with Crippen LogP contribution in [0.25, 0.3) is 0 Å². The second-order valence-corrected chi connectivity index (χ2v) is 5.05. The third-order valence-electron chi connectivity index (χ3n) is 2.35. The molecule has 18 heavy (non-hydrogen) atoms. The molecule has 100 valence electrons. The highest BCUT2D eigenvalue weighted by molar-refractivity contribution is 9.10. The summed E-state index contributed by atoms with van der Waals surface area (Å²) in [6.45, 7) is 0.343. The molecule has 0 saturated heterocycles.